The van der Waals surface area contributed by atoms with Crippen LogP contribution in [0.1, 0.15) is 94.9 Å². The Bertz CT molecular complexity index is 2430. The van der Waals surface area contributed by atoms with Crippen molar-refractivity contribution in [1.29, 1.82) is 0 Å². The quantitative estimate of drug-likeness (QED) is 0.173. The lowest BCUT2D eigenvalue weighted by Crippen LogP contribution is -2.57. The molecule has 1 spiro atoms. The molecule has 4 saturated carbocycles. The minimum absolute atomic E-state index is 0.0365. The van der Waals surface area contributed by atoms with Crippen molar-refractivity contribution >= 4 is 28.8 Å². The van der Waals surface area contributed by atoms with Gasteiger partial charge in [0.05, 0.1) is 0 Å². The molecular formula is C54H53NS. The van der Waals surface area contributed by atoms with E-state index in [9.17, 15) is 0 Å². The minimum Gasteiger partial charge on any atom is -0.310 e. The van der Waals surface area contributed by atoms with Crippen LogP contribution in [0.2, 0.25) is 0 Å². The summed E-state index contributed by atoms with van der Waals surface area (Å²) in [6.07, 6.45) is 9.37. The molecule has 1 heterocycles. The number of rotatable bonds is 5. The van der Waals surface area contributed by atoms with Gasteiger partial charge in [0, 0.05) is 32.3 Å². The molecule has 1 nitrogen and oxygen atoms in total. The lowest BCUT2D eigenvalue weighted by molar-refractivity contribution is -0.0443. The second kappa shape index (κ2) is 12.7. The first-order valence-electron chi connectivity index (χ1n) is 21.3. The third-order valence-corrected chi connectivity index (χ3v) is 16.3. The van der Waals surface area contributed by atoms with Crippen LogP contribution in [-0.2, 0) is 16.2 Å². The number of nitrogens with zero attached hydrogens (tertiary/aromatic N) is 1. The monoisotopic (exact) mass is 747 g/mol. The Morgan fingerprint density at radius 3 is 1.52 bits per heavy atom. The van der Waals surface area contributed by atoms with E-state index in [0.29, 0.717) is 11.8 Å². The highest BCUT2D eigenvalue weighted by Crippen LogP contribution is 2.69. The molecule has 0 amide bonds. The predicted octanol–water partition coefficient (Wildman–Crippen LogP) is 15.0. The molecule has 0 unspecified atom stereocenters. The molecule has 0 N–H and O–H groups in total. The number of benzene rings is 6. The molecule has 6 aliphatic rings. The van der Waals surface area contributed by atoms with E-state index in [1.54, 1.807) is 11.1 Å². The fourth-order valence-corrected chi connectivity index (χ4v) is 13.7. The van der Waals surface area contributed by atoms with Crippen LogP contribution in [0.5, 0.6) is 0 Å². The molecule has 12 rings (SSSR count). The molecule has 0 atom stereocenters. The molecule has 5 aliphatic carbocycles. The maximum atomic E-state index is 2.67. The summed E-state index contributed by atoms with van der Waals surface area (Å²) in [6.45, 7) is 9.79. The topological polar surface area (TPSA) is 3.24 Å². The molecule has 4 bridgehead atoms. The summed E-state index contributed by atoms with van der Waals surface area (Å²) < 4.78 is 0. The summed E-state index contributed by atoms with van der Waals surface area (Å²) in [5.41, 5.74) is 15.5. The van der Waals surface area contributed by atoms with Crippen molar-refractivity contribution in [1.82, 2.24) is 0 Å². The largest absolute Gasteiger partial charge is 0.310 e. The maximum absolute atomic E-state index is 2.67. The molecule has 6 aromatic rings. The van der Waals surface area contributed by atoms with E-state index in [1.807, 2.05) is 11.8 Å². The first-order valence-corrected chi connectivity index (χ1v) is 22.1. The lowest BCUT2D eigenvalue weighted by atomic mass is 9.42. The average Bonchev–Trinajstić information content (AvgIpc) is 3.22. The van der Waals surface area contributed by atoms with Gasteiger partial charge in [-0.1, -0.05) is 124 Å². The van der Waals surface area contributed by atoms with E-state index < -0.39 is 0 Å². The number of hydrogen-bond donors (Lipinski definition) is 0. The van der Waals surface area contributed by atoms with E-state index in [2.05, 4.69) is 172 Å². The van der Waals surface area contributed by atoms with Gasteiger partial charge in [-0.2, -0.15) is 0 Å². The SMILES string of the molecule is CC1(C)CCC(C)(C)c2cc(N(c3ccc(-c4ccccc4)cc3)c3ccc4c(c3)C3(c5cc(-c6ccccc6)ccc5S4)C4CC5CC(C4)CC3C5)ccc21. The Morgan fingerprint density at radius 2 is 0.893 bits per heavy atom. The van der Waals surface area contributed by atoms with Gasteiger partial charge < -0.3 is 4.90 Å². The summed E-state index contributed by atoms with van der Waals surface area (Å²) in [4.78, 5) is 5.52. The molecule has 6 aromatic carbocycles. The zero-order chi connectivity index (χ0) is 37.8. The molecular weight excluding hydrogens is 695 g/mol. The zero-order valence-corrected chi connectivity index (χ0v) is 34.2. The number of anilines is 3. The van der Waals surface area contributed by atoms with Crippen LogP contribution in [0.4, 0.5) is 17.1 Å². The second-order valence-electron chi connectivity index (χ2n) is 19.3. The smallest absolute Gasteiger partial charge is 0.0465 e. The molecule has 0 aromatic heterocycles. The highest BCUT2D eigenvalue weighted by atomic mass is 32.2. The van der Waals surface area contributed by atoms with Crippen molar-refractivity contribution < 1.29 is 0 Å². The van der Waals surface area contributed by atoms with Gasteiger partial charge in [-0.05, 0) is 179 Å². The molecule has 2 heteroatoms. The highest BCUT2D eigenvalue weighted by Gasteiger charge is 2.61. The molecule has 4 fully saturated rings. The Labute approximate surface area is 338 Å². The molecule has 56 heavy (non-hydrogen) atoms. The molecule has 0 saturated heterocycles. The van der Waals surface area contributed by atoms with E-state index in [0.717, 1.165) is 11.8 Å². The Kier molecular flexibility index (Phi) is 7.89. The third kappa shape index (κ3) is 5.34. The highest BCUT2D eigenvalue weighted by molar-refractivity contribution is 7.99. The summed E-state index contributed by atoms with van der Waals surface area (Å²) in [5.74, 6) is 3.16. The van der Waals surface area contributed by atoms with Gasteiger partial charge >= 0.3 is 0 Å². The first-order chi connectivity index (χ1) is 27.2. The van der Waals surface area contributed by atoms with Crippen molar-refractivity contribution in [2.45, 2.75) is 98.7 Å². The summed E-state index contributed by atoms with van der Waals surface area (Å²) >= 11 is 2.02. The van der Waals surface area contributed by atoms with Gasteiger partial charge in [0.1, 0.15) is 0 Å². The summed E-state index contributed by atoms with van der Waals surface area (Å²) in [7, 11) is 0. The maximum Gasteiger partial charge on any atom is 0.0465 e. The summed E-state index contributed by atoms with van der Waals surface area (Å²) in [6, 6.07) is 53.7. The van der Waals surface area contributed by atoms with Gasteiger partial charge in [-0.3, -0.25) is 0 Å². The van der Waals surface area contributed by atoms with Gasteiger partial charge in [0.2, 0.25) is 0 Å². The van der Waals surface area contributed by atoms with Crippen LogP contribution in [0, 0.1) is 23.7 Å². The van der Waals surface area contributed by atoms with Crippen molar-refractivity contribution in [2.75, 3.05) is 4.90 Å². The van der Waals surface area contributed by atoms with Crippen molar-refractivity contribution in [2.24, 2.45) is 23.7 Å². The Hall–Kier alpha value is -4.53. The lowest BCUT2D eigenvalue weighted by Gasteiger charge is -2.63. The number of hydrogen-bond acceptors (Lipinski definition) is 2. The Morgan fingerprint density at radius 1 is 0.429 bits per heavy atom. The number of fused-ring (bicyclic) bond motifs is 3. The van der Waals surface area contributed by atoms with E-state index >= 15 is 0 Å². The van der Waals surface area contributed by atoms with Crippen molar-refractivity contribution in [3.63, 3.8) is 0 Å². The average molecular weight is 748 g/mol. The first kappa shape index (κ1) is 34.7. The second-order valence-corrected chi connectivity index (χ2v) is 20.4. The van der Waals surface area contributed by atoms with Gasteiger partial charge in [-0.15, -0.1) is 0 Å². The van der Waals surface area contributed by atoms with Crippen LogP contribution < -0.4 is 4.90 Å². The normalized spacial score (nSPS) is 26.0. The molecule has 280 valence electrons. The van der Waals surface area contributed by atoms with Crippen molar-refractivity contribution in [3.05, 3.63) is 162 Å². The van der Waals surface area contributed by atoms with Gasteiger partial charge in [0.25, 0.3) is 0 Å². The fraction of sp³-hybridized carbons (Fsp3) is 0.333. The van der Waals surface area contributed by atoms with Crippen molar-refractivity contribution in [3.8, 4) is 22.3 Å². The minimum atomic E-state index is 0.0365. The fourth-order valence-electron chi connectivity index (χ4n) is 12.5. The zero-order valence-electron chi connectivity index (χ0n) is 33.4. The van der Waals surface area contributed by atoms with E-state index in [1.165, 1.54) is 105 Å². The summed E-state index contributed by atoms with van der Waals surface area (Å²) in [5, 5.41) is 0. The van der Waals surface area contributed by atoms with E-state index in [-0.39, 0.29) is 16.2 Å². The molecule has 0 radical (unpaired) electrons. The van der Waals surface area contributed by atoms with Crippen LogP contribution in [0.15, 0.2) is 149 Å². The third-order valence-electron chi connectivity index (χ3n) is 15.2. The van der Waals surface area contributed by atoms with Crippen LogP contribution >= 0.6 is 11.8 Å². The van der Waals surface area contributed by atoms with Crippen LogP contribution in [-0.4, -0.2) is 0 Å². The Balaban J connectivity index is 1.11. The van der Waals surface area contributed by atoms with E-state index in [4.69, 9.17) is 0 Å². The standard InChI is InChI=1S/C54H53NS/c1-52(2)25-26-53(3,4)47-33-44(20-22-46(47)52)55(43-18-15-39(16-19-43)37-11-7-5-8-12-37)45-21-24-51-49(34-45)54(41-28-35-27-36(30-41)31-42(54)29-35)48-32-40(17-23-50(48)56-51)38-13-9-6-10-14-38/h5-24,32-36,41-42H,25-31H2,1-4H3. The van der Waals surface area contributed by atoms with Crippen LogP contribution in [0.3, 0.4) is 0 Å². The predicted molar refractivity (Wildman–Crippen MR) is 236 cm³/mol. The van der Waals surface area contributed by atoms with Gasteiger partial charge in [-0.25, -0.2) is 0 Å². The van der Waals surface area contributed by atoms with Crippen LogP contribution in [0.25, 0.3) is 22.3 Å². The van der Waals surface area contributed by atoms with Gasteiger partial charge in [0.15, 0.2) is 0 Å². The molecule has 1 aliphatic heterocycles.